The summed E-state index contributed by atoms with van der Waals surface area (Å²) in [6.45, 7) is 0.995. The van der Waals surface area contributed by atoms with E-state index in [0.717, 1.165) is 12.2 Å². The van der Waals surface area contributed by atoms with Crippen LogP contribution in [0.3, 0.4) is 0 Å². The highest BCUT2D eigenvalue weighted by Crippen LogP contribution is 2.25. The van der Waals surface area contributed by atoms with Gasteiger partial charge in [0.2, 0.25) is 0 Å². The predicted molar refractivity (Wildman–Crippen MR) is 79.1 cm³/mol. The normalized spacial score (nSPS) is 23.9. The third-order valence-electron chi connectivity index (χ3n) is 4.29. The van der Waals surface area contributed by atoms with E-state index >= 15 is 0 Å². The largest absolute Gasteiger partial charge is 0.374 e. The topological polar surface area (TPSA) is 15.3 Å². The van der Waals surface area contributed by atoms with Crippen LogP contribution in [0.2, 0.25) is 0 Å². The molecule has 1 fully saturated rings. The van der Waals surface area contributed by atoms with Gasteiger partial charge in [-0.1, -0.05) is 25.3 Å². The van der Waals surface area contributed by atoms with Crippen molar-refractivity contribution in [3.05, 3.63) is 30.1 Å². The van der Waals surface area contributed by atoms with E-state index in [1.54, 1.807) is 12.1 Å². The van der Waals surface area contributed by atoms with Crippen molar-refractivity contribution >= 4 is 5.69 Å². The van der Waals surface area contributed by atoms with Crippen molar-refractivity contribution in [2.45, 2.75) is 38.1 Å². The number of rotatable bonds is 4. The second kappa shape index (κ2) is 6.90. The number of halogens is 1. The lowest BCUT2D eigenvalue weighted by Crippen LogP contribution is -2.39. The molecule has 2 atom stereocenters. The summed E-state index contributed by atoms with van der Waals surface area (Å²) in [6, 6.07) is 7.47. The Hall–Kier alpha value is -1.09. The summed E-state index contributed by atoms with van der Waals surface area (Å²) in [7, 11) is 4.12. The van der Waals surface area contributed by atoms with Crippen LogP contribution < -0.4 is 10.2 Å². The van der Waals surface area contributed by atoms with Gasteiger partial charge in [0.25, 0.3) is 0 Å². The Bertz CT molecular complexity index is 394. The summed E-state index contributed by atoms with van der Waals surface area (Å²) in [5.74, 6) is 0.496. The van der Waals surface area contributed by atoms with Gasteiger partial charge in [-0.3, -0.25) is 0 Å². The first-order chi connectivity index (χ1) is 9.20. The fraction of sp³-hybridized carbons (Fsp3) is 0.625. The number of anilines is 1. The minimum atomic E-state index is -0.157. The maximum Gasteiger partial charge on any atom is 0.125 e. The van der Waals surface area contributed by atoms with E-state index in [2.05, 4.69) is 24.3 Å². The molecule has 0 bridgehead atoms. The van der Waals surface area contributed by atoms with Crippen molar-refractivity contribution in [3.63, 3.8) is 0 Å². The zero-order valence-corrected chi connectivity index (χ0v) is 12.0. The highest BCUT2D eigenvalue weighted by atomic mass is 19.1. The van der Waals surface area contributed by atoms with Gasteiger partial charge in [-0.05, 0) is 44.0 Å². The number of hydrogen-bond donors (Lipinski definition) is 1. The van der Waals surface area contributed by atoms with Crippen molar-refractivity contribution in [2.24, 2.45) is 5.92 Å². The van der Waals surface area contributed by atoms with E-state index < -0.39 is 0 Å². The maximum atomic E-state index is 13.3. The molecular formula is C16H25FN2. The lowest BCUT2D eigenvalue weighted by Gasteiger charge is -2.30. The molecule has 2 rings (SSSR count). The molecule has 19 heavy (non-hydrogen) atoms. The van der Waals surface area contributed by atoms with Gasteiger partial charge in [-0.2, -0.15) is 0 Å². The summed E-state index contributed by atoms with van der Waals surface area (Å²) in [5, 5.41) is 3.46. The molecular weight excluding hydrogens is 239 g/mol. The van der Waals surface area contributed by atoms with Crippen molar-refractivity contribution in [1.82, 2.24) is 5.32 Å². The zero-order valence-electron chi connectivity index (χ0n) is 12.0. The van der Waals surface area contributed by atoms with Crippen LogP contribution in [0.25, 0.3) is 0 Å². The SMILES string of the molecule is CNC1CCCCCC1CN(C)c1cccc(F)c1. The van der Waals surface area contributed by atoms with Gasteiger partial charge < -0.3 is 10.2 Å². The van der Waals surface area contributed by atoms with Crippen LogP contribution in [0.1, 0.15) is 32.1 Å². The van der Waals surface area contributed by atoms with E-state index in [-0.39, 0.29) is 5.82 Å². The second-order valence-corrected chi connectivity index (χ2v) is 5.65. The van der Waals surface area contributed by atoms with Gasteiger partial charge in [0.15, 0.2) is 0 Å². The molecule has 2 unspecified atom stereocenters. The molecule has 1 aromatic rings. The summed E-state index contributed by atoms with van der Waals surface area (Å²) in [5.41, 5.74) is 0.971. The lowest BCUT2D eigenvalue weighted by atomic mass is 9.94. The van der Waals surface area contributed by atoms with Crippen molar-refractivity contribution < 1.29 is 4.39 Å². The molecule has 1 N–H and O–H groups in total. The van der Waals surface area contributed by atoms with E-state index in [0.29, 0.717) is 12.0 Å². The smallest absolute Gasteiger partial charge is 0.125 e. The highest BCUT2D eigenvalue weighted by molar-refractivity contribution is 5.45. The first-order valence-electron chi connectivity index (χ1n) is 7.34. The Morgan fingerprint density at radius 3 is 2.79 bits per heavy atom. The second-order valence-electron chi connectivity index (χ2n) is 5.65. The summed E-state index contributed by atoms with van der Waals surface area (Å²) in [4.78, 5) is 2.18. The van der Waals surface area contributed by atoms with Crippen LogP contribution in [0, 0.1) is 11.7 Å². The average molecular weight is 264 g/mol. The maximum absolute atomic E-state index is 13.3. The molecule has 0 saturated heterocycles. The van der Waals surface area contributed by atoms with Gasteiger partial charge in [-0.15, -0.1) is 0 Å². The standard InChI is InChI=1S/C16H25FN2/c1-18-16-10-5-3-4-7-13(16)12-19(2)15-9-6-8-14(17)11-15/h6,8-9,11,13,16,18H,3-5,7,10,12H2,1-2H3. The minimum absolute atomic E-state index is 0.157. The summed E-state index contributed by atoms with van der Waals surface area (Å²) in [6.07, 6.45) is 6.52. The lowest BCUT2D eigenvalue weighted by molar-refractivity contribution is 0.356. The van der Waals surface area contributed by atoms with E-state index in [1.165, 1.54) is 38.2 Å². The quantitative estimate of drug-likeness (QED) is 0.838. The molecule has 0 radical (unpaired) electrons. The number of benzene rings is 1. The predicted octanol–water partition coefficient (Wildman–Crippen LogP) is 3.43. The Balaban J connectivity index is 2.01. The monoisotopic (exact) mass is 264 g/mol. The van der Waals surface area contributed by atoms with E-state index in [9.17, 15) is 4.39 Å². The van der Waals surface area contributed by atoms with E-state index in [1.807, 2.05) is 6.07 Å². The number of nitrogens with one attached hydrogen (secondary N) is 1. The molecule has 0 aromatic heterocycles. The minimum Gasteiger partial charge on any atom is -0.374 e. The number of hydrogen-bond acceptors (Lipinski definition) is 2. The van der Waals surface area contributed by atoms with Gasteiger partial charge in [0, 0.05) is 25.3 Å². The van der Waals surface area contributed by atoms with Crippen LogP contribution in [-0.4, -0.2) is 26.7 Å². The Morgan fingerprint density at radius 1 is 1.26 bits per heavy atom. The third-order valence-corrected chi connectivity index (χ3v) is 4.29. The molecule has 2 nitrogen and oxygen atoms in total. The molecule has 106 valence electrons. The molecule has 1 aliphatic carbocycles. The Labute approximate surface area is 116 Å². The number of nitrogens with zero attached hydrogens (tertiary/aromatic N) is 1. The van der Waals surface area contributed by atoms with Crippen LogP contribution in [0.15, 0.2) is 24.3 Å². The zero-order chi connectivity index (χ0) is 13.7. The van der Waals surface area contributed by atoms with Gasteiger partial charge in [0.1, 0.15) is 5.82 Å². The summed E-state index contributed by atoms with van der Waals surface area (Å²) < 4.78 is 13.3. The van der Waals surface area contributed by atoms with Crippen LogP contribution in [0.4, 0.5) is 10.1 Å². The molecule has 3 heteroatoms. The molecule has 1 aliphatic rings. The molecule has 1 aromatic carbocycles. The fourth-order valence-electron chi connectivity index (χ4n) is 3.15. The first-order valence-corrected chi connectivity index (χ1v) is 7.34. The molecule has 0 spiro atoms. The molecule has 0 amide bonds. The molecule has 1 saturated carbocycles. The highest BCUT2D eigenvalue weighted by Gasteiger charge is 2.23. The van der Waals surface area contributed by atoms with E-state index in [4.69, 9.17) is 0 Å². The van der Waals surface area contributed by atoms with Crippen LogP contribution >= 0.6 is 0 Å². The van der Waals surface area contributed by atoms with Gasteiger partial charge in [-0.25, -0.2) is 4.39 Å². The van der Waals surface area contributed by atoms with Gasteiger partial charge in [0.05, 0.1) is 0 Å². The fourth-order valence-corrected chi connectivity index (χ4v) is 3.15. The van der Waals surface area contributed by atoms with Gasteiger partial charge >= 0.3 is 0 Å². The van der Waals surface area contributed by atoms with Crippen molar-refractivity contribution in [1.29, 1.82) is 0 Å². The molecule has 0 heterocycles. The van der Waals surface area contributed by atoms with Crippen LogP contribution in [-0.2, 0) is 0 Å². The van der Waals surface area contributed by atoms with Crippen LogP contribution in [0.5, 0.6) is 0 Å². The van der Waals surface area contributed by atoms with Crippen molar-refractivity contribution in [3.8, 4) is 0 Å². The first kappa shape index (κ1) is 14.3. The Kier molecular flexibility index (Phi) is 5.20. The third kappa shape index (κ3) is 3.93. The Morgan fingerprint density at radius 2 is 2.05 bits per heavy atom. The summed E-state index contributed by atoms with van der Waals surface area (Å²) >= 11 is 0. The van der Waals surface area contributed by atoms with Crippen molar-refractivity contribution in [2.75, 3.05) is 25.5 Å². The average Bonchev–Trinajstić information content (AvgIpc) is 2.63. The molecule has 0 aliphatic heterocycles.